The van der Waals surface area contributed by atoms with Crippen LogP contribution in [0.3, 0.4) is 0 Å². The minimum absolute atomic E-state index is 0.0434. The fourth-order valence-corrected chi connectivity index (χ4v) is 6.88. The van der Waals surface area contributed by atoms with Crippen LogP contribution in [0, 0.1) is 0 Å². The van der Waals surface area contributed by atoms with E-state index in [4.69, 9.17) is 37.4 Å². The van der Waals surface area contributed by atoms with Crippen LogP contribution in [0.15, 0.2) is 99.9 Å². The van der Waals surface area contributed by atoms with E-state index in [-0.39, 0.29) is 44.6 Å². The number of methoxy groups -OCH3 is 1. The minimum Gasteiger partial charge on any atom is -0.493 e. The topological polar surface area (TPSA) is 79.1 Å². The van der Waals surface area contributed by atoms with E-state index in [0.29, 0.717) is 10.6 Å². The lowest BCUT2D eigenvalue weighted by atomic mass is 9.95. The zero-order chi connectivity index (χ0) is 34.2. The van der Waals surface area contributed by atoms with E-state index in [9.17, 15) is 22.8 Å². The second kappa shape index (κ2) is 13.5. The number of allylic oxidation sites excluding steroid dienone is 1. The van der Waals surface area contributed by atoms with Crippen molar-refractivity contribution in [2.24, 2.45) is 4.99 Å². The molecule has 4 aromatic carbocycles. The largest absolute Gasteiger partial charge is 0.493 e. The normalized spacial score (nSPS) is 14.9. The number of ether oxygens (including phenoxy) is 3. The molecule has 0 unspecified atom stereocenters. The molecule has 0 bridgehead atoms. The van der Waals surface area contributed by atoms with E-state index in [1.165, 1.54) is 44.4 Å². The van der Waals surface area contributed by atoms with Gasteiger partial charge in [-0.2, -0.15) is 13.2 Å². The summed E-state index contributed by atoms with van der Waals surface area (Å²) in [6.07, 6.45) is -3.56. The highest BCUT2D eigenvalue weighted by Gasteiger charge is 2.45. The molecule has 1 atom stereocenters. The Bertz CT molecular complexity index is 2260. The van der Waals surface area contributed by atoms with Gasteiger partial charge >= 0.3 is 12.1 Å². The summed E-state index contributed by atoms with van der Waals surface area (Å²) in [5.41, 5.74) is -1.35. The predicted molar refractivity (Wildman–Crippen MR) is 179 cm³/mol. The Kier molecular flexibility index (Phi) is 9.37. The van der Waals surface area contributed by atoms with Crippen molar-refractivity contribution in [1.82, 2.24) is 4.57 Å². The third-order valence-corrected chi connectivity index (χ3v) is 9.10. The molecular weight excluding hydrogens is 688 g/mol. The van der Waals surface area contributed by atoms with E-state index < -0.39 is 35.0 Å². The molecule has 2 heterocycles. The average Bonchev–Trinajstić information content (AvgIpc) is 3.37. The summed E-state index contributed by atoms with van der Waals surface area (Å²) in [5.74, 6) is -0.675. The number of thiazole rings is 1. The lowest BCUT2D eigenvalue weighted by Gasteiger charge is -2.26. The number of carbonyl (C=O) groups excluding carboxylic acids is 1. The van der Waals surface area contributed by atoms with E-state index in [0.717, 1.165) is 32.2 Å². The number of fused-ring (bicyclic) bond motifs is 2. The summed E-state index contributed by atoms with van der Waals surface area (Å²) in [5, 5.41) is 2.60. The molecule has 5 aromatic rings. The smallest absolute Gasteiger partial charge is 0.434 e. The number of hydrogen-bond acceptors (Lipinski definition) is 7. The first-order valence-electron chi connectivity index (χ1n) is 14.5. The Hall–Kier alpha value is -4.58. The Morgan fingerprint density at radius 2 is 1.77 bits per heavy atom. The summed E-state index contributed by atoms with van der Waals surface area (Å²) in [6, 6.07) is 21.3. The van der Waals surface area contributed by atoms with Gasteiger partial charge in [0.15, 0.2) is 22.0 Å². The third kappa shape index (κ3) is 6.45. The molecule has 0 spiro atoms. The molecule has 6 rings (SSSR count). The van der Waals surface area contributed by atoms with Crippen LogP contribution in [0.4, 0.5) is 13.2 Å². The van der Waals surface area contributed by atoms with Gasteiger partial charge in [0.05, 0.1) is 34.9 Å². The van der Waals surface area contributed by atoms with Crippen LogP contribution in [0.5, 0.6) is 11.5 Å². The van der Waals surface area contributed by atoms with Crippen molar-refractivity contribution >= 4 is 57.4 Å². The molecule has 48 heavy (non-hydrogen) atoms. The Morgan fingerprint density at radius 1 is 1.04 bits per heavy atom. The maximum atomic E-state index is 14.4. The van der Waals surface area contributed by atoms with Gasteiger partial charge in [-0.3, -0.25) is 9.36 Å². The molecule has 13 heteroatoms. The molecule has 0 saturated carbocycles. The highest BCUT2D eigenvalue weighted by molar-refractivity contribution is 7.07. The van der Waals surface area contributed by atoms with Gasteiger partial charge in [0.2, 0.25) is 0 Å². The summed E-state index contributed by atoms with van der Waals surface area (Å²) in [6.45, 7) is 1.48. The standard InChI is InChI=1S/C35H25Cl2F3N2O5S/c1-3-46-33(44)28-29(21-11-13-23(36)14-12-21)42-32(43)27(48-34(42)41-31(28)35(38,39)40)17-19-15-25(37)30(26(16-19)45-2)47-18-22-9-6-8-20-7-4-5-10-24(20)22/h4-17,29H,3,18H2,1-2H3/b27-17-/t29-/m1/s1. The van der Waals surface area contributed by atoms with Gasteiger partial charge in [0.25, 0.3) is 5.56 Å². The molecule has 0 saturated heterocycles. The molecule has 0 amide bonds. The quantitative estimate of drug-likeness (QED) is 0.157. The Labute approximate surface area is 285 Å². The number of hydrogen-bond donors (Lipinski definition) is 0. The van der Waals surface area contributed by atoms with Crippen molar-refractivity contribution in [3.8, 4) is 11.5 Å². The number of esters is 1. The lowest BCUT2D eigenvalue weighted by molar-refractivity contribution is -0.140. The Balaban J connectivity index is 1.44. The van der Waals surface area contributed by atoms with Crippen LogP contribution >= 0.6 is 34.5 Å². The van der Waals surface area contributed by atoms with Crippen LogP contribution in [0.2, 0.25) is 10.0 Å². The maximum Gasteiger partial charge on any atom is 0.434 e. The van der Waals surface area contributed by atoms with Crippen LogP contribution in [0.1, 0.15) is 29.7 Å². The molecular formula is C35H25Cl2F3N2O5S. The maximum absolute atomic E-state index is 14.4. The highest BCUT2D eigenvalue weighted by atomic mass is 35.5. The second-order valence-electron chi connectivity index (χ2n) is 10.6. The second-order valence-corrected chi connectivity index (χ2v) is 12.4. The van der Waals surface area contributed by atoms with Gasteiger partial charge in [-0.25, -0.2) is 9.79 Å². The molecule has 0 aliphatic carbocycles. The number of halogens is 5. The number of nitrogens with zero attached hydrogens (tertiary/aromatic N) is 2. The fourth-order valence-electron chi connectivity index (χ4n) is 5.48. The minimum atomic E-state index is -5.02. The van der Waals surface area contributed by atoms with Gasteiger partial charge in [-0.15, -0.1) is 0 Å². The van der Waals surface area contributed by atoms with Gasteiger partial charge in [-0.05, 0) is 64.7 Å². The van der Waals surface area contributed by atoms with Crippen molar-refractivity contribution in [1.29, 1.82) is 0 Å². The zero-order valence-electron chi connectivity index (χ0n) is 25.3. The molecule has 1 aliphatic rings. The van der Waals surface area contributed by atoms with Crippen LogP contribution in [-0.2, 0) is 16.1 Å². The first-order chi connectivity index (χ1) is 23.0. The molecule has 0 radical (unpaired) electrons. The van der Waals surface area contributed by atoms with Crippen molar-refractivity contribution in [3.05, 3.63) is 137 Å². The van der Waals surface area contributed by atoms with E-state index >= 15 is 0 Å². The first kappa shape index (κ1) is 33.3. The first-order valence-corrected chi connectivity index (χ1v) is 16.1. The fraction of sp³-hybridized carbons (Fsp3) is 0.171. The summed E-state index contributed by atoms with van der Waals surface area (Å²) in [4.78, 5) is 30.5. The number of alkyl halides is 3. The van der Waals surface area contributed by atoms with E-state index in [1.54, 1.807) is 12.1 Å². The van der Waals surface area contributed by atoms with Gasteiger partial charge in [-0.1, -0.05) is 89.1 Å². The summed E-state index contributed by atoms with van der Waals surface area (Å²) >= 11 is 13.4. The number of carbonyl (C=O) groups is 1. The molecule has 0 N–H and O–H groups in total. The van der Waals surface area contributed by atoms with Gasteiger partial charge < -0.3 is 14.2 Å². The van der Waals surface area contributed by atoms with Crippen molar-refractivity contribution in [2.75, 3.05) is 13.7 Å². The SMILES string of the molecule is CCOC(=O)C1=C(C(F)(F)F)N=c2s/c(=C\c3cc(Cl)c(OCc4cccc5ccccc45)c(OC)c3)c(=O)n2[C@@H]1c1ccc(Cl)cc1. The van der Waals surface area contributed by atoms with E-state index in [1.807, 2.05) is 42.5 Å². The Morgan fingerprint density at radius 3 is 2.48 bits per heavy atom. The molecule has 1 aromatic heterocycles. The summed E-state index contributed by atoms with van der Waals surface area (Å²) in [7, 11) is 1.44. The van der Waals surface area contributed by atoms with E-state index in [2.05, 4.69) is 4.99 Å². The lowest BCUT2D eigenvalue weighted by Crippen LogP contribution is -2.41. The molecule has 246 valence electrons. The summed E-state index contributed by atoms with van der Waals surface area (Å²) < 4.78 is 61.0. The predicted octanol–water partition coefficient (Wildman–Crippen LogP) is 7.39. The number of benzene rings is 4. The van der Waals surface area contributed by atoms with Gasteiger partial charge in [0.1, 0.15) is 6.61 Å². The van der Waals surface area contributed by atoms with Crippen LogP contribution in [0.25, 0.3) is 16.8 Å². The van der Waals surface area contributed by atoms with Gasteiger partial charge in [0, 0.05) is 5.02 Å². The molecule has 7 nitrogen and oxygen atoms in total. The number of rotatable bonds is 8. The van der Waals surface area contributed by atoms with Crippen molar-refractivity contribution in [3.63, 3.8) is 0 Å². The molecule has 1 aliphatic heterocycles. The van der Waals surface area contributed by atoms with Crippen LogP contribution in [-0.4, -0.2) is 30.4 Å². The average molecular weight is 714 g/mol. The van der Waals surface area contributed by atoms with Crippen LogP contribution < -0.4 is 24.4 Å². The molecule has 0 fully saturated rings. The van der Waals surface area contributed by atoms with Crippen molar-refractivity contribution in [2.45, 2.75) is 25.7 Å². The van der Waals surface area contributed by atoms with Crippen molar-refractivity contribution < 1.29 is 32.2 Å². The zero-order valence-corrected chi connectivity index (χ0v) is 27.6. The number of aromatic nitrogens is 1. The highest BCUT2D eigenvalue weighted by Crippen LogP contribution is 2.39. The third-order valence-electron chi connectivity index (χ3n) is 7.58. The monoisotopic (exact) mass is 712 g/mol.